The van der Waals surface area contributed by atoms with Crippen LogP contribution >= 0.6 is 0 Å². The summed E-state index contributed by atoms with van der Waals surface area (Å²) < 4.78 is 42.3. The summed E-state index contributed by atoms with van der Waals surface area (Å²) in [6.07, 6.45) is -4.78. The summed E-state index contributed by atoms with van der Waals surface area (Å²) in [6, 6.07) is 4.72. The minimum atomic E-state index is -4.78. The Hall–Kier alpha value is -1.92. The molecule has 7 heteroatoms. The molecule has 0 aliphatic heterocycles. The lowest BCUT2D eigenvalue weighted by Gasteiger charge is -2.17. The van der Waals surface area contributed by atoms with E-state index in [0.29, 0.717) is 11.4 Å². The summed E-state index contributed by atoms with van der Waals surface area (Å²) in [5, 5.41) is 11.0. The van der Waals surface area contributed by atoms with Crippen molar-refractivity contribution in [2.45, 2.75) is 13.1 Å². The van der Waals surface area contributed by atoms with Crippen LogP contribution in [-0.2, 0) is 4.79 Å². The molecule has 2 N–H and O–H groups in total. The van der Waals surface area contributed by atoms with E-state index in [1.54, 1.807) is 19.1 Å². The Balaban J connectivity index is 2.75. The molecular formula is C12H14F3NO3. The van der Waals surface area contributed by atoms with Crippen molar-refractivity contribution in [1.82, 2.24) is 0 Å². The van der Waals surface area contributed by atoms with Crippen molar-refractivity contribution in [3.8, 4) is 5.75 Å². The standard InChI is InChI=1S/C12H14F3NO3/c1-7-5-8(3-4-10(7)19-2)16-6-9(11(17)18)12(13,14)15/h3-5,9,16H,6H2,1-2H3,(H,17,18). The largest absolute Gasteiger partial charge is 0.496 e. The first-order chi connectivity index (χ1) is 8.75. The SMILES string of the molecule is COc1ccc(NCC(C(=O)O)C(F)(F)F)cc1C. The fraction of sp³-hybridized carbons (Fsp3) is 0.417. The van der Waals surface area contributed by atoms with Crippen LogP contribution in [0.3, 0.4) is 0 Å². The van der Waals surface area contributed by atoms with Crippen molar-refractivity contribution in [3.63, 3.8) is 0 Å². The van der Waals surface area contributed by atoms with Crippen LogP contribution in [0.1, 0.15) is 5.56 Å². The molecule has 0 saturated heterocycles. The van der Waals surface area contributed by atoms with Gasteiger partial charge in [0, 0.05) is 12.2 Å². The van der Waals surface area contributed by atoms with Crippen LogP contribution in [0, 0.1) is 12.8 Å². The summed E-state index contributed by atoms with van der Waals surface area (Å²) in [7, 11) is 1.49. The number of carboxylic acids is 1. The number of carbonyl (C=O) groups is 1. The lowest BCUT2D eigenvalue weighted by molar-refractivity contribution is -0.190. The third-order valence-corrected chi connectivity index (χ3v) is 2.60. The predicted octanol–water partition coefficient (Wildman–Crippen LogP) is 2.68. The first-order valence-corrected chi connectivity index (χ1v) is 5.43. The van der Waals surface area contributed by atoms with Crippen molar-refractivity contribution in [2.24, 2.45) is 5.92 Å². The monoisotopic (exact) mass is 277 g/mol. The number of aryl methyl sites for hydroxylation is 1. The fourth-order valence-electron chi connectivity index (χ4n) is 1.55. The van der Waals surface area contributed by atoms with Crippen molar-refractivity contribution in [2.75, 3.05) is 19.0 Å². The van der Waals surface area contributed by atoms with E-state index in [1.807, 2.05) is 0 Å². The number of alkyl halides is 3. The Morgan fingerprint density at radius 2 is 2.11 bits per heavy atom. The van der Waals surface area contributed by atoms with Gasteiger partial charge in [0.25, 0.3) is 0 Å². The Morgan fingerprint density at radius 1 is 1.47 bits per heavy atom. The number of hydrogen-bond acceptors (Lipinski definition) is 3. The number of aliphatic carboxylic acids is 1. The van der Waals surface area contributed by atoms with Crippen LogP contribution in [-0.4, -0.2) is 30.9 Å². The highest BCUT2D eigenvalue weighted by Crippen LogP contribution is 2.27. The quantitative estimate of drug-likeness (QED) is 0.868. The predicted molar refractivity (Wildman–Crippen MR) is 63.4 cm³/mol. The van der Waals surface area contributed by atoms with Crippen LogP contribution in [0.2, 0.25) is 0 Å². The summed E-state index contributed by atoms with van der Waals surface area (Å²) in [6.45, 7) is 1.02. The molecule has 1 unspecified atom stereocenters. The lowest BCUT2D eigenvalue weighted by Crippen LogP contribution is -2.36. The third-order valence-electron chi connectivity index (χ3n) is 2.60. The van der Waals surface area contributed by atoms with E-state index in [0.717, 1.165) is 5.56 Å². The second-order valence-electron chi connectivity index (χ2n) is 4.00. The maximum absolute atomic E-state index is 12.4. The second-order valence-corrected chi connectivity index (χ2v) is 4.00. The number of nitrogens with one attached hydrogen (secondary N) is 1. The molecule has 4 nitrogen and oxygen atoms in total. The smallest absolute Gasteiger partial charge is 0.403 e. The average Bonchev–Trinajstić information content (AvgIpc) is 2.27. The topological polar surface area (TPSA) is 58.6 Å². The molecule has 0 heterocycles. The van der Waals surface area contributed by atoms with Crippen molar-refractivity contribution in [3.05, 3.63) is 23.8 Å². The van der Waals surface area contributed by atoms with Gasteiger partial charge in [-0.2, -0.15) is 13.2 Å². The highest BCUT2D eigenvalue weighted by Gasteiger charge is 2.44. The van der Waals surface area contributed by atoms with Crippen molar-refractivity contribution in [1.29, 1.82) is 0 Å². The average molecular weight is 277 g/mol. The zero-order chi connectivity index (χ0) is 14.6. The van der Waals surface area contributed by atoms with Crippen LogP contribution in [0.15, 0.2) is 18.2 Å². The molecule has 0 radical (unpaired) electrons. The van der Waals surface area contributed by atoms with Gasteiger partial charge in [-0.05, 0) is 30.7 Å². The summed E-state index contributed by atoms with van der Waals surface area (Å²) in [5.41, 5.74) is 1.15. The van der Waals surface area contributed by atoms with Crippen LogP contribution < -0.4 is 10.1 Å². The highest BCUT2D eigenvalue weighted by atomic mass is 19.4. The molecule has 106 valence electrons. The molecule has 1 aromatic rings. The van der Waals surface area contributed by atoms with E-state index in [4.69, 9.17) is 9.84 Å². The maximum Gasteiger partial charge on any atom is 0.403 e. The summed E-state index contributed by atoms with van der Waals surface area (Å²) in [5.74, 6) is -3.73. The third kappa shape index (κ3) is 4.04. The van der Waals surface area contributed by atoms with Gasteiger partial charge < -0.3 is 15.2 Å². The van der Waals surface area contributed by atoms with E-state index in [2.05, 4.69) is 5.32 Å². The second kappa shape index (κ2) is 5.81. The van der Waals surface area contributed by atoms with Crippen LogP contribution in [0.4, 0.5) is 18.9 Å². The Bertz CT molecular complexity index is 460. The number of methoxy groups -OCH3 is 1. The molecule has 0 amide bonds. The zero-order valence-electron chi connectivity index (χ0n) is 10.4. The van der Waals surface area contributed by atoms with Gasteiger partial charge in [0.1, 0.15) is 5.75 Å². The fourth-order valence-corrected chi connectivity index (χ4v) is 1.55. The molecule has 19 heavy (non-hydrogen) atoms. The molecule has 0 aromatic heterocycles. The van der Waals surface area contributed by atoms with Gasteiger partial charge in [0.05, 0.1) is 7.11 Å². The summed E-state index contributed by atoms with van der Waals surface area (Å²) >= 11 is 0. The van der Waals surface area contributed by atoms with Gasteiger partial charge in [-0.15, -0.1) is 0 Å². The molecule has 0 saturated carbocycles. The molecular weight excluding hydrogens is 263 g/mol. The van der Waals surface area contributed by atoms with E-state index >= 15 is 0 Å². The number of hydrogen-bond donors (Lipinski definition) is 2. The highest BCUT2D eigenvalue weighted by molar-refractivity contribution is 5.71. The van der Waals surface area contributed by atoms with E-state index in [-0.39, 0.29) is 0 Å². The molecule has 0 bridgehead atoms. The molecule has 0 spiro atoms. The van der Waals surface area contributed by atoms with Gasteiger partial charge >= 0.3 is 12.1 Å². The first-order valence-electron chi connectivity index (χ1n) is 5.43. The van der Waals surface area contributed by atoms with Crippen molar-refractivity contribution >= 4 is 11.7 Å². The zero-order valence-corrected chi connectivity index (χ0v) is 10.4. The number of carboxylic acid groups (broad SMARTS) is 1. The van der Waals surface area contributed by atoms with Gasteiger partial charge in [-0.25, -0.2) is 0 Å². The van der Waals surface area contributed by atoms with Gasteiger partial charge in [-0.1, -0.05) is 0 Å². The van der Waals surface area contributed by atoms with Gasteiger partial charge in [0.2, 0.25) is 0 Å². The van der Waals surface area contributed by atoms with E-state index in [9.17, 15) is 18.0 Å². The first kappa shape index (κ1) is 15.1. The number of halogens is 3. The summed E-state index contributed by atoms with van der Waals surface area (Å²) in [4.78, 5) is 10.6. The minimum Gasteiger partial charge on any atom is -0.496 e. The molecule has 1 aromatic carbocycles. The van der Waals surface area contributed by atoms with Gasteiger partial charge in [0.15, 0.2) is 5.92 Å². The number of anilines is 1. The Kier molecular flexibility index (Phi) is 4.63. The molecule has 0 fully saturated rings. The van der Waals surface area contributed by atoms with Crippen molar-refractivity contribution < 1.29 is 27.8 Å². The lowest BCUT2D eigenvalue weighted by atomic mass is 10.1. The Labute approximate surface area is 108 Å². The molecule has 0 aliphatic carbocycles. The van der Waals surface area contributed by atoms with E-state index in [1.165, 1.54) is 13.2 Å². The molecule has 1 rings (SSSR count). The Morgan fingerprint density at radius 3 is 2.53 bits per heavy atom. The van der Waals surface area contributed by atoms with Crippen LogP contribution in [0.25, 0.3) is 0 Å². The minimum absolute atomic E-state index is 0.411. The number of ether oxygens (including phenoxy) is 1. The normalized spacial score (nSPS) is 12.9. The number of benzene rings is 1. The molecule has 1 atom stereocenters. The maximum atomic E-state index is 12.4. The molecule has 0 aliphatic rings. The van der Waals surface area contributed by atoms with Crippen LogP contribution in [0.5, 0.6) is 5.75 Å². The number of rotatable bonds is 5. The van der Waals surface area contributed by atoms with Gasteiger partial charge in [-0.3, -0.25) is 4.79 Å². The van der Waals surface area contributed by atoms with E-state index < -0.39 is 24.6 Å².